The number of hydrogen-bond acceptors (Lipinski definition) is 0. The number of rotatable bonds is 4. The predicted molar refractivity (Wildman–Crippen MR) is 57.0 cm³/mol. The Morgan fingerprint density at radius 3 is 2.25 bits per heavy atom. The van der Waals surface area contributed by atoms with Crippen molar-refractivity contribution in [2.75, 3.05) is 0 Å². The maximum absolute atomic E-state index is 3.66. The first-order valence-electron chi connectivity index (χ1n) is 4.01. The van der Waals surface area contributed by atoms with Gasteiger partial charge in [-0.2, -0.15) is 0 Å². The van der Waals surface area contributed by atoms with Crippen LogP contribution in [0.3, 0.4) is 0 Å². The number of hydrogen-bond donors (Lipinski definition) is 0. The van der Waals surface area contributed by atoms with Crippen molar-refractivity contribution in [3.05, 3.63) is 60.8 Å². The molecule has 0 spiro atoms. The lowest BCUT2D eigenvalue weighted by Crippen LogP contribution is -1.78. The van der Waals surface area contributed by atoms with Gasteiger partial charge in [0.25, 0.3) is 0 Å². The lowest BCUT2D eigenvalue weighted by atomic mass is 10.1. The molecule has 0 amide bonds. The average molecular weight is 160 g/mol. The average Bonchev–Trinajstić information content (AvgIpc) is 2.11. The van der Waals surface area contributed by atoms with Gasteiger partial charge in [0.05, 0.1) is 0 Å². The van der Waals surface area contributed by atoms with Gasteiger partial charge in [0.2, 0.25) is 0 Å². The van der Waals surface area contributed by atoms with Crippen molar-refractivity contribution in [1.82, 2.24) is 0 Å². The molecule has 0 aromatic carbocycles. The van der Waals surface area contributed by atoms with Gasteiger partial charge < -0.3 is 0 Å². The molecule has 0 aromatic heterocycles. The van der Waals surface area contributed by atoms with E-state index in [4.69, 9.17) is 0 Å². The molecule has 0 aromatic rings. The van der Waals surface area contributed by atoms with Gasteiger partial charge in [-0.3, -0.25) is 0 Å². The summed E-state index contributed by atoms with van der Waals surface area (Å²) in [6, 6.07) is 0. The molecule has 0 fully saturated rings. The normalized spacial score (nSPS) is 13.5. The predicted octanol–water partition coefficient (Wildman–Crippen LogP) is 3.81. The molecule has 0 atom stereocenters. The Labute approximate surface area is 75.3 Å². The van der Waals surface area contributed by atoms with Crippen LogP contribution in [-0.2, 0) is 0 Å². The molecule has 0 N–H and O–H groups in total. The molecule has 0 bridgehead atoms. The highest BCUT2D eigenvalue weighted by molar-refractivity contribution is 5.40. The second-order valence-corrected chi connectivity index (χ2v) is 2.42. The monoisotopic (exact) mass is 160 g/mol. The Hall–Kier alpha value is -1.30. The van der Waals surface area contributed by atoms with Crippen LogP contribution in [0.5, 0.6) is 0 Å². The van der Waals surface area contributed by atoms with Gasteiger partial charge in [0.1, 0.15) is 0 Å². The Morgan fingerprint density at radius 1 is 1.17 bits per heavy atom. The molecule has 0 heteroatoms. The van der Waals surface area contributed by atoms with Crippen LogP contribution in [0.2, 0.25) is 0 Å². The molecule has 0 radical (unpaired) electrons. The Bertz CT molecular complexity index is 237. The molecular formula is C12H16. The van der Waals surface area contributed by atoms with Crippen molar-refractivity contribution < 1.29 is 0 Å². The van der Waals surface area contributed by atoms with Crippen LogP contribution < -0.4 is 0 Å². The van der Waals surface area contributed by atoms with Gasteiger partial charge >= 0.3 is 0 Å². The summed E-state index contributed by atoms with van der Waals surface area (Å²) in [5.41, 5.74) is 2.42. The minimum atomic E-state index is 1.17. The van der Waals surface area contributed by atoms with Crippen LogP contribution in [0.15, 0.2) is 60.8 Å². The topological polar surface area (TPSA) is 0 Å². The van der Waals surface area contributed by atoms with E-state index < -0.39 is 0 Å². The van der Waals surface area contributed by atoms with Crippen LogP contribution in [0.25, 0.3) is 0 Å². The molecule has 64 valence electrons. The molecule has 0 saturated carbocycles. The van der Waals surface area contributed by atoms with Gasteiger partial charge in [-0.05, 0) is 25.0 Å². The van der Waals surface area contributed by atoms with Crippen molar-refractivity contribution in [3.8, 4) is 0 Å². The summed E-state index contributed by atoms with van der Waals surface area (Å²) in [5.74, 6) is 0. The highest BCUT2D eigenvalue weighted by atomic mass is 14.0. The first kappa shape index (κ1) is 10.7. The van der Waals surface area contributed by atoms with Crippen molar-refractivity contribution >= 4 is 0 Å². The Morgan fingerprint density at radius 2 is 1.83 bits per heavy atom. The van der Waals surface area contributed by atoms with Crippen LogP contribution in [-0.4, -0.2) is 0 Å². The van der Waals surface area contributed by atoms with E-state index in [1.807, 2.05) is 25.2 Å². The minimum Gasteiger partial charge on any atom is -0.0991 e. The molecule has 0 aliphatic heterocycles. The Kier molecular flexibility index (Phi) is 5.72. The first-order valence-corrected chi connectivity index (χ1v) is 4.01. The van der Waals surface area contributed by atoms with Gasteiger partial charge in [-0.25, -0.2) is 0 Å². The fourth-order valence-corrected chi connectivity index (χ4v) is 0.784. The van der Waals surface area contributed by atoms with Crippen molar-refractivity contribution in [3.63, 3.8) is 0 Å². The minimum absolute atomic E-state index is 1.17. The van der Waals surface area contributed by atoms with E-state index >= 15 is 0 Å². The standard InChI is InChI=1S/C12H16/c1-5-8-10-12(9-6-2)11(4)7-3/h5-10H,1-2H2,3-4H3. The SMILES string of the molecule is C=CC=CC(=CC=C)C(C)=CC. The third kappa shape index (κ3) is 3.77. The largest absolute Gasteiger partial charge is 0.0991 e. The van der Waals surface area contributed by atoms with Gasteiger partial charge in [0, 0.05) is 0 Å². The zero-order valence-corrected chi connectivity index (χ0v) is 7.88. The summed E-state index contributed by atoms with van der Waals surface area (Å²) < 4.78 is 0. The van der Waals surface area contributed by atoms with Gasteiger partial charge in [-0.1, -0.05) is 49.6 Å². The van der Waals surface area contributed by atoms with E-state index in [9.17, 15) is 0 Å². The second-order valence-electron chi connectivity index (χ2n) is 2.42. The molecule has 0 aliphatic rings. The van der Waals surface area contributed by atoms with Crippen molar-refractivity contribution in [1.29, 1.82) is 0 Å². The van der Waals surface area contributed by atoms with Crippen molar-refractivity contribution in [2.45, 2.75) is 13.8 Å². The zero-order chi connectivity index (χ0) is 9.40. The van der Waals surface area contributed by atoms with E-state index in [0.717, 1.165) is 0 Å². The molecule has 12 heavy (non-hydrogen) atoms. The smallest absolute Gasteiger partial charge is 0.0231 e. The molecule has 0 rings (SSSR count). The third-order valence-electron chi connectivity index (χ3n) is 1.60. The lowest BCUT2D eigenvalue weighted by Gasteiger charge is -1.98. The van der Waals surface area contributed by atoms with Crippen molar-refractivity contribution in [2.24, 2.45) is 0 Å². The maximum atomic E-state index is 3.66. The van der Waals surface area contributed by atoms with E-state index in [1.165, 1.54) is 11.1 Å². The fourth-order valence-electron chi connectivity index (χ4n) is 0.784. The van der Waals surface area contributed by atoms with E-state index in [-0.39, 0.29) is 0 Å². The molecular weight excluding hydrogens is 144 g/mol. The summed E-state index contributed by atoms with van der Waals surface area (Å²) in [5, 5.41) is 0. The number of allylic oxidation sites excluding steroid dienone is 8. The molecule has 0 unspecified atom stereocenters. The summed E-state index contributed by atoms with van der Waals surface area (Å²) in [4.78, 5) is 0. The molecule has 0 saturated heterocycles. The maximum Gasteiger partial charge on any atom is -0.0231 e. The van der Waals surface area contributed by atoms with Crippen LogP contribution in [0.4, 0.5) is 0 Å². The third-order valence-corrected chi connectivity index (χ3v) is 1.60. The summed E-state index contributed by atoms with van der Waals surface area (Å²) in [6.07, 6.45) is 11.5. The highest BCUT2D eigenvalue weighted by Gasteiger charge is 1.90. The van der Waals surface area contributed by atoms with Crippen LogP contribution >= 0.6 is 0 Å². The summed E-state index contributed by atoms with van der Waals surface area (Å²) >= 11 is 0. The quantitative estimate of drug-likeness (QED) is 0.549. The first-order chi connectivity index (χ1) is 5.76. The van der Waals surface area contributed by atoms with E-state index in [2.05, 4.69) is 26.2 Å². The zero-order valence-electron chi connectivity index (χ0n) is 7.88. The van der Waals surface area contributed by atoms with Gasteiger partial charge in [-0.15, -0.1) is 0 Å². The second kappa shape index (κ2) is 6.41. The Balaban J connectivity index is 4.67. The fraction of sp³-hybridized carbons (Fsp3) is 0.167. The molecule has 0 aliphatic carbocycles. The van der Waals surface area contributed by atoms with Crippen LogP contribution in [0, 0.1) is 0 Å². The molecule has 0 heterocycles. The summed E-state index contributed by atoms with van der Waals surface area (Å²) in [6.45, 7) is 11.4. The highest BCUT2D eigenvalue weighted by Crippen LogP contribution is 2.10. The van der Waals surface area contributed by atoms with E-state index in [1.54, 1.807) is 12.2 Å². The summed E-state index contributed by atoms with van der Waals surface area (Å²) in [7, 11) is 0. The molecule has 0 nitrogen and oxygen atoms in total. The van der Waals surface area contributed by atoms with Crippen LogP contribution in [0.1, 0.15) is 13.8 Å². The van der Waals surface area contributed by atoms with E-state index in [0.29, 0.717) is 0 Å². The van der Waals surface area contributed by atoms with Gasteiger partial charge in [0.15, 0.2) is 0 Å². The lowest BCUT2D eigenvalue weighted by molar-refractivity contribution is 1.40.